The van der Waals surface area contributed by atoms with Crippen LogP contribution in [0.25, 0.3) is 6.08 Å². The minimum atomic E-state index is 0. The number of benzene rings is 1. The van der Waals surface area contributed by atoms with Gasteiger partial charge in [-0.15, -0.1) is 12.4 Å². The van der Waals surface area contributed by atoms with E-state index in [9.17, 15) is 4.79 Å². The minimum absolute atomic E-state index is 0. The first-order valence-electron chi connectivity index (χ1n) is 7.22. The van der Waals surface area contributed by atoms with Crippen LogP contribution in [0.15, 0.2) is 29.8 Å². The van der Waals surface area contributed by atoms with Crippen molar-refractivity contribution in [3.63, 3.8) is 0 Å². The Labute approximate surface area is 133 Å². The summed E-state index contributed by atoms with van der Waals surface area (Å²) in [6.07, 6.45) is 3.89. The van der Waals surface area contributed by atoms with Crippen LogP contribution in [0, 0.1) is 5.92 Å². The highest BCUT2D eigenvalue weighted by atomic mass is 35.5. The molecule has 4 heteroatoms. The number of carbonyl (C=O) groups is 1. The number of allylic oxidation sites excluding steroid dienone is 1. The largest absolute Gasteiger partial charge is 0.494 e. The lowest BCUT2D eigenvalue weighted by atomic mass is 10.0. The van der Waals surface area contributed by atoms with Crippen molar-refractivity contribution >= 4 is 24.3 Å². The molecule has 2 rings (SSSR count). The molecule has 1 aromatic carbocycles. The van der Waals surface area contributed by atoms with Crippen molar-refractivity contribution in [2.24, 2.45) is 5.92 Å². The number of Topliss-reactive ketones (excluding diaryl/α,β-unsaturated/α-hetero) is 1. The van der Waals surface area contributed by atoms with Gasteiger partial charge in [-0.25, -0.2) is 0 Å². The molecule has 0 amide bonds. The third-order valence-electron chi connectivity index (χ3n) is 3.57. The molecule has 21 heavy (non-hydrogen) atoms. The maximum absolute atomic E-state index is 12.3. The maximum Gasteiger partial charge on any atom is 0.163 e. The second kappa shape index (κ2) is 8.20. The standard InChI is InChI=1S/C17H23NO2.ClH/c1-4-20-16-9-5-13(6-10-16)11-14-7-8-15(17(14)19)12-18(2)3;/h5-6,9-11,15H,4,7-8,12H2,1-3H3;1H. The van der Waals surface area contributed by atoms with E-state index in [1.54, 1.807) is 0 Å². The smallest absolute Gasteiger partial charge is 0.163 e. The van der Waals surface area contributed by atoms with Crippen LogP contribution >= 0.6 is 12.4 Å². The summed E-state index contributed by atoms with van der Waals surface area (Å²) in [4.78, 5) is 14.4. The number of nitrogens with zero attached hydrogens (tertiary/aromatic N) is 1. The van der Waals surface area contributed by atoms with Gasteiger partial charge in [0.15, 0.2) is 5.78 Å². The maximum atomic E-state index is 12.3. The fourth-order valence-electron chi connectivity index (χ4n) is 2.63. The minimum Gasteiger partial charge on any atom is -0.494 e. The van der Waals surface area contributed by atoms with Crippen LogP contribution in [0.2, 0.25) is 0 Å². The quantitative estimate of drug-likeness (QED) is 0.780. The van der Waals surface area contributed by atoms with Crippen LogP contribution in [0.4, 0.5) is 0 Å². The third kappa shape index (κ3) is 4.87. The van der Waals surface area contributed by atoms with E-state index in [0.29, 0.717) is 12.4 Å². The summed E-state index contributed by atoms with van der Waals surface area (Å²) < 4.78 is 5.42. The molecule has 1 saturated carbocycles. The van der Waals surface area contributed by atoms with E-state index < -0.39 is 0 Å². The number of ketones is 1. The van der Waals surface area contributed by atoms with E-state index in [1.165, 1.54) is 0 Å². The highest BCUT2D eigenvalue weighted by Crippen LogP contribution is 2.29. The van der Waals surface area contributed by atoms with Gasteiger partial charge in [0.05, 0.1) is 6.61 Å². The molecule has 0 spiro atoms. The predicted octanol–water partition coefficient (Wildman–Crippen LogP) is 3.43. The van der Waals surface area contributed by atoms with Gasteiger partial charge >= 0.3 is 0 Å². The second-order valence-corrected chi connectivity index (χ2v) is 5.53. The summed E-state index contributed by atoms with van der Waals surface area (Å²) in [5.41, 5.74) is 2.03. The van der Waals surface area contributed by atoms with Gasteiger partial charge in [0, 0.05) is 12.5 Å². The summed E-state index contributed by atoms with van der Waals surface area (Å²) in [5.74, 6) is 1.35. The Morgan fingerprint density at radius 2 is 1.95 bits per heavy atom. The number of ether oxygens (including phenoxy) is 1. The molecule has 1 aliphatic rings. The normalized spacial score (nSPS) is 19.9. The topological polar surface area (TPSA) is 29.5 Å². The Bertz CT molecular complexity index is 494. The summed E-state index contributed by atoms with van der Waals surface area (Å²) >= 11 is 0. The molecule has 0 aliphatic heterocycles. The molecule has 0 aromatic heterocycles. The molecule has 1 fully saturated rings. The molecule has 0 saturated heterocycles. The summed E-state index contributed by atoms with van der Waals surface area (Å²) in [7, 11) is 4.03. The van der Waals surface area contributed by atoms with E-state index in [0.717, 1.165) is 36.3 Å². The molecule has 0 N–H and O–H groups in total. The van der Waals surface area contributed by atoms with Gasteiger partial charge in [-0.1, -0.05) is 12.1 Å². The van der Waals surface area contributed by atoms with E-state index in [1.807, 2.05) is 51.4 Å². The van der Waals surface area contributed by atoms with E-state index >= 15 is 0 Å². The fraction of sp³-hybridized carbons (Fsp3) is 0.471. The summed E-state index contributed by atoms with van der Waals surface area (Å²) in [6.45, 7) is 3.49. The first kappa shape index (κ1) is 17.7. The fourth-order valence-corrected chi connectivity index (χ4v) is 2.63. The van der Waals surface area contributed by atoms with Gasteiger partial charge < -0.3 is 9.64 Å². The Balaban J connectivity index is 0.00000220. The molecule has 1 aliphatic carbocycles. The molecule has 0 bridgehead atoms. The SMILES string of the molecule is CCOc1ccc(C=C2CCC(CN(C)C)C2=O)cc1.Cl. The van der Waals surface area contributed by atoms with Crippen LogP contribution < -0.4 is 4.74 Å². The second-order valence-electron chi connectivity index (χ2n) is 5.53. The van der Waals surface area contributed by atoms with Crippen LogP contribution in [0.1, 0.15) is 25.3 Å². The lowest BCUT2D eigenvalue weighted by Gasteiger charge is -2.13. The first-order chi connectivity index (χ1) is 9.60. The summed E-state index contributed by atoms with van der Waals surface area (Å²) in [6, 6.07) is 7.91. The zero-order valence-corrected chi connectivity index (χ0v) is 13.8. The number of hydrogen-bond donors (Lipinski definition) is 0. The number of carbonyl (C=O) groups excluding carboxylic acids is 1. The first-order valence-corrected chi connectivity index (χ1v) is 7.22. The van der Waals surface area contributed by atoms with E-state index in [4.69, 9.17) is 4.74 Å². The highest BCUT2D eigenvalue weighted by molar-refractivity contribution is 6.03. The van der Waals surface area contributed by atoms with Crippen molar-refractivity contribution in [3.8, 4) is 5.75 Å². The van der Waals surface area contributed by atoms with Crippen molar-refractivity contribution in [1.82, 2.24) is 4.90 Å². The molecule has 1 atom stereocenters. The van der Waals surface area contributed by atoms with Crippen LogP contribution in [-0.4, -0.2) is 37.9 Å². The number of rotatable bonds is 5. The lowest BCUT2D eigenvalue weighted by molar-refractivity contribution is -0.118. The zero-order valence-electron chi connectivity index (χ0n) is 13.0. The van der Waals surface area contributed by atoms with Gasteiger partial charge in [-0.3, -0.25) is 4.79 Å². The van der Waals surface area contributed by atoms with Crippen molar-refractivity contribution in [1.29, 1.82) is 0 Å². The van der Waals surface area contributed by atoms with Crippen LogP contribution in [0.5, 0.6) is 5.75 Å². The average molecular weight is 310 g/mol. The van der Waals surface area contributed by atoms with Gasteiger partial charge in [-0.2, -0.15) is 0 Å². The Kier molecular flexibility index (Phi) is 6.93. The van der Waals surface area contributed by atoms with Crippen LogP contribution in [-0.2, 0) is 4.79 Å². The molecule has 1 aromatic rings. The molecular weight excluding hydrogens is 286 g/mol. The Hall–Kier alpha value is -1.32. The van der Waals surface area contributed by atoms with Crippen molar-refractivity contribution in [2.75, 3.05) is 27.2 Å². The van der Waals surface area contributed by atoms with Gasteiger partial charge in [0.1, 0.15) is 5.75 Å². The Morgan fingerprint density at radius 1 is 1.29 bits per heavy atom. The number of hydrogen-bond acceptors (Lipinski definition) is 3. The van der Waals surface area contributed by atoms with Crippen molar-refractivity contribution < 1.29 is 9.53 Å². The monoisotopic (exact) mass is 309 g/mol. The molecular formula is C17H24ClNO2. The third-order valence-corrected chi connectivity index (χ3v) is 3.57. The van der Waals surface area contributed by atoms with E-state index in [2.05, 4.69) is 4.90 Å². The van der Waals surface area contributed by atoms with E-state index in [-0.39, 0.29) is 18.3 Å². The lowest BCUT2D eigenvalue weighted by Crippen LogP contribution is -2.24. The molecule has 1 unspecified atom stereocenters. The van der Waals surface area contributed by atoms with Gasteiger partial charge in [-0.05, 0) is 63.2 Å². The molecule has 116 valence electrons. The Morgan fingerprint density at radius 3 is 2.52 bits per heavy atom. The molecule has 3 nitrogen and oxygen atoms in total. The van der Waals surface area contributed by atoms with Crippen molar-refractivity contribution in [2.45, 2.75) is 19.8 Å². The van der Waals surface area contributed by atoms with Crippen LogP contribution in [0.3, 0.4) is 0 Å². The van der Waals surface area contributed by atoms with Gasteiger partial charge in [0.25, 0.3) is 0 Å². The highest BCUT2D eigenvalue weighted by Gasteiger charge is 2.29. The molecule has 0 heterocycles. The predicted molar refractivity (Wildman–Crippen MR) is 89.1 cm³/mol. The van der Waals surface area contributed by atoms with Crippen molar-refractivity contribution in [3.05, 3.63) is 35.4 Å². The average Bonchev–Trinajstić information content (AvgIpc) is 2.74. The molecule has 0 radical (unpaired) electrons. The summed E-state index contributed by atoms with van der Waals surface area (Å²) in [5, 5.41) is 0. The zero-order chi connectivity index (χ0) is 14.5. The number of halogens is 1. The van der Waals surface area contributed by atoms with Gasteiger partial charge in [0.2, 0.25) is 0 Å².